The Hall–Kier alpha value is -3.91. The first-order chi connectivity index (χ1) is 17.3. The first-order valence-corrected chi connectivity index (χ1v) is 12.1. The number of aryl methyl sites for hydroxylation is 1. The summed E-state index contributed by atoms with van der Waals surface area (Å²) in [5.41, 5.74) is 4.11. The van der Waals surface area contributed by atoms with Crippen LogP contribution < -0.4 is 15.4 Å². The molecule has 0 bridgehead atoms. The largest absolute Gasteiger partial charge is 0.457 e. The summed E-state index contributed by atoms with van der Waals surface area (Å²) in [6, 6.07) is 17.7. The van der Waals surface area contributed by atoms with Gasteiger partial charge in [0, 0.05) is 37.7 Å². The second-order valence-electron chi connectivity index (χ2n) is 10.1. The van der Waals surface area contributed by atoms with Gasteiger partial charge in [-0.1, -0.05) is 32.9 Å². The van der Waals surface area contributed by atoms with Gasteiger partial charge in [0.1, 0.15) is 17.3 Å². The van der Waals surface area contributed by atoms with E-state index in [9.17, 15) is 4.79 Å². The zero-order valence-electron chi connectivity index (χ0n) is 21.0. The second-order valence-corrected chi connectivity index (χ2v) is 10.1. The van der Waals surface area contributed by atoms with E-state index < -0.39 is 0 Å². The molecule has 0 radical (unpaired) electrons. The number of amides is 1. The van der Waals surface area contributed by atoms with Gasteiger partial charge in [-0.05, 0) is 47.7 Å². The van der Waals surface area contributed by atoms with Crippen molar-refractivity contribution in [2.45, 2.75) is 32.6 Å². The minimum atomic E-state index is -0.137. The van der Waals surface area contributed by atoms with Gasteiger partial charge >= 0.3 is 0 Å². The summed E-state index contributed by atoms with van der Waals surface area (Å²) in [4.78, 5) is 21.4. The van der Waals surface area contributed by atoms with Crippen molar-refractivity contribution in [2.75, 3.05) is 23.8 Å². The number of aromatic nitrogens is 3. The number of ether oxygens (including phenoxy) is 2. The van der Waals surface area contributed by atoms with Gasteiger partial charge in [0.15, 0.2) is 0 Å². The molecular weight excluding hydrogens is 454 g/mol. The highest BCUT2D eigenvalue weighted by atomic mass is 16.5. The Morgan fingerprint density at radius 2 is 1.94 bits per heavy atom. The van der Waals surface area contributed by atoms with Gasteiger partial charge in [-0.3, -0.25) is 4.79 Å². The maximum atomic E-state index is 12.4. The molecule has 1 fully saturated rings. The summed E-state index contributed by atoms with van der Waals surface area (Å²) in [5, 5.41) is 6.30. The van der Waals surface area contributed by atoms with Crippen molar-refractivity contribution in [3.63, 3.8) is 0 Å². The van der Waals surface area contributed by atoms with Crippen molar-refractivity contribution in [3.05, 3.63) is 66.4 Å². The van der Waals surface area contributed by atoms with Crippen molar-refractivity contribution in [2.24, 2.45) is 13.0 Å². The Balaban J connectivity index is 1.32. The highest BCUT2D eigenvalue weighted by Crippen LogP contribution is 2.30. The molecule has 1 unspecified atom stereocenters. The van der Waals surface area contributed by atoms with Crippen LogP contribution in [-0.4, -0.2) is 33.7 Å². The number of anilines is 3. The van der Waals surface area contributed by atoms with E-state index in [-0.39, 0.29) is 17.2 Å². The van der Waals surface area contributed by atoms with Crippen LogP contribution >= 0.6 is 0 Å². The van der Waals surface area contributed by atoms with E-state index in [2.05, 4.69) is 54.6 Å². The van der Waals surface area contributed by atoms with Gasteiger partial charge in [0.2, 0.25) is 11.9 Å². The summed E-state index contributed by atoms with van der Waals surface area (Å²) in [5.74, 6) is 2.21. The third kappa shape index (κ3) is 5.18. The van der Waals surface area contributed by atoms with Crippen molar-refractivity contribution in [1.29, 1.82) is 0 Å². The van der Waals surface area contributed by atoms with Crippen LogP contribution in [0.25, 0.3) is 11.0 Å². The zero-order chi connectivity index (χ0) is 25.3. The number of carbonyl (C=O) groups is 1. The molecule has 3 heterocycles. The quantitative estimate of drug-likeness (QED) is 0.360. The molecule has 8 nitrogen and oxygen atoms in total. The molecule has 36 heavy (non-hydrogen) atoms. The number of carbonyl (C=O) groups excluding carboxylic acids is 1. The summed E-state index contributed by atoms with van der Waals surface area (Å²) >= 11 is 0. The van der Waals surface area contributed by atoms with Crippen LogP contribution in [0, 0.1) is 5.92 Å². The molecule has 4 aromatic rings. The molecule has 2 N–H and O–H groups in total. The molecular formula is C28H31N5O3. The number of pyridine rings is 1. The number of imidazole rings is 1. The van der Waals surface area contributed by atoms with E-state index in [1.54, 1.807) is 18.3 Å². The summed E-state index contributed by atoms with van der Waals surface area (Å²) in [6.45, 7) is 7.67. The number of nitrogens with one attached hydrogen (secondary N) is 2. The smallest absolute Gasteiger partial charge is 0.231 e. The van der Waals surface area contributed by atoms with Crippen LogP contribution in [-0.2, 0) is 22.0 Å². The lowest BCUT2D eigenvalue weighted by Crippen LogP contribution is -2.23. The molecule has 1 aliphatic heterocycles. The number of nitrogens with zero attached hydrogens (tertiary/aromatic N) is 3. The fourth-order valence-electron chi connectivity index (χ4n) is 4.20. The minimum Gasteiger partial charge on any atom is -0.457 e. The summed E-state index contributed by atoms with van der Waals surface area (Å²) < 4.78 is 13.4. The van der Waals surface area contributed by atoms with Crippen LogP contribution in [0.15, 0.2) is 60.8 Å². The Morgan fingerprint density at radius 1 is 1.11 bits per heavy atom. The van der Waals surface area contributed by atoms with Gasteiger partial charge in [0.25, 0.3) is 0 Å². The normalized spacial score (nSPS) is 15.7. The summed E-state index contributed by atoms with van der Waals surface area (Å²) in [7, 11) is 1.99. The number of rotatable bonds is 6. The first kappa shape index (κ1) is 23.8. The molecule has 5 rings (SSSR count). The van der Waals surface area contributed by atoms with E-state index >= 15 is 0 Å². The van der Waals surface area contributed by atoms with E-state index in [1.807, 2.05) is 35.9 Å². The molecule has 2 aromatic heterocycles. The number of benzene rings is 2. The average Bonchev–Trinajstić information content (AvgIpc) is 3.48. The van der Waals surface area contributed by atoms with Gasteiger partial charge in [-0.25, -0.2) is 9.97 Å². The number of hydrogen-bond donors (Lipinski definition) is 2. The number of hydrogen-bond acceptors (Lipinski definition) is 6. The monoisotopic (exact) mass is 485 g/mol. The van der Waals surface area contributed by atoms with Crippen LogP contribution in [0.1, 0.15) is 32.8 Å². The molecule has 1 amide bonds. The van der Waals surface area contributed by atoms with Gasteiger partial charge in [-0.2, -0.15) is 0 Å². The molecule has 0 spiro atoms. The highest BCUT2D eigenvalue weighted by Gasteiger charge is 2.24. The van der Waals surface area contributed by atoms with Crippen LogP contribution in [0.4, 0.5) is 17.5 Å². The lowest BCUT2D eigenvalue weighted by atomic mass is 9.87. The maximum Gasteiger partial charge on any atom is 0.231 e. The SMILES string of the molecule is Cn1c(Nc2cccc(C(C)(C)C)c2)nc2cc(Oc3ccnc(NC(=O)C4CCOC4)c3)ccc21. The van der Waals surface area contributed by atoms with Gasteiger partial charge in [-0.15, -0.1) is 0 Å². The molecule has 1 atom stereocenters. The predicted molar refractivity (Wildman–Crippen MR) is 141 cm³/mol. The third-order valence-corrected chi connectivity index (χ3v) is 6.36. The molecule has 0 aliphatic carbocycles. The molecule has 8 heteroatoms. The Bertz CT molecular complexity index is 1400. The van der Waals surface area contributed by atoms with E-state index in [4.69, 9.17) is 14.5 Å². The van der Waals surface area contributed by atoms with Crippen molar-refractivity contribution >= 4 is 34.4 Å². The zero-order valence-corrected chi connectivity index (χ0v) is 21.0. The van der Waals surface area contributed by atoms with Crippen molar-refractivity contribution < 1.29 is 14.3 Å². The second kappa shape index (κ2) is 9.62. The summed E-state index contributed by atoms with van der Waals surface area (Å²) in [6.07, 6.45) is 2.34. The van der Waals surface area contributed by atoms with Crippen LogP contribution in [0.5, 0.6) is 11.5 Å². The molecule has 2 aromatic carbocycles. The highest BCUT2D eigenvalue weighted by molar-refractivity contribution is 5.92. The Morgan fingerprint density at radius 3 is 2.72 bits per heavy atom. The molecule has 1 aliphatic rings. The first-order valence-electron chi connectivity index (χ1n) is 12.1. The maximum absolute atomic E-state index is 12.4. The Kier molecular flexibility index (Phi) is 6.36. The fourth-order valence-corrected chi connectivity index (χ4v) is 4.20. The fraction of sp³-hybridized carbons (Fsp3) is 0.321. The average molecular weight is 486 g/mol. The molecule has 1 saturated heterocycles. The van der Waals surface area contributed by atoms with E-state index in [0.29, 0.717) is 30.5 Å². The van der Waals surface area contributed by atoms with Crippen LogP contribution in [0.3, 0.4) is 0 Å². The topological polar surface area (TPSA) is 90.3 Å². The lowest BCUT2D eigenvalue weighted by molar-refractivity contribution is -0.119. The third-order valence-electron chi connectivity index (χ3n) is 6.36. The molecule has 0 saturated carbocycles. The predicted octanol–water partition coefficient (Wildman–Crippen LogP) is 5.78. The van der Waals surface area contributed by atoms with Crippen molar-refractivity contribution in [3.8, 4) is 11.5 Å². The van der Waals surface area contributed by atoms with Crippen LogP contribution in [0.2, 0.25) is 0 Å². The molecule has 186 valence electrons. The lowest BCUT2D eigenvalue weighted by Gasteiger charge is -2.20. The van der Waals surface area contributed by atoms with Gasteiger partial charge < -0.3 is 24.7 Å². The standard InChI is InChI=1S/C28H31N5O3/c1-28(2,3)19-6-5-7-20(14-19)30-27-31-23-15-21(8-9-24(23)33(27)4)36-22-10-12-29-25(16-22)32-26(34)18-11-13-35-17-18/h5-10,12,14-16,18H,11,13,17H2,1-4H3,(H,30,31)(H,29,32,34). The number of fused-ring (bicyclic) bond motifs is 1. The van der Waals surface area contributed by atoms with Crippen molar-refractivity contribution in [1.82, 2.24) is 14.5 Å². The Labute approximate surface area is 210 Å². The van der Waals surface area contributed by atoms with E-state index in [1.165, 1.54) is 5.56 Å². The van der Waals surface area contributed by atoms with Gasteiger partial charge in [0.05, 0.1) is 23.6 Å². The van der Waals surface area contributed by atoms with E-state index in [0.717, 1.165) is 29.1 Å². The minimum absolute atomic E-state index is 0.0663.